The molecule has 2 atom stereocenters. The Balaban J connectivity index is 2.01. The Labute approximate surface area is 129 Å². The minimum absolute atomic E-state index is 0.117. The molecule has 1 aliphatic rings. The lowest BCUT2D eigenvalue weighted by Crippen LogP contribution is -2.34. The predicted molar refractivity (Wildman–Crippen MR) is 76.8 cm³/mol. The van der Waals surface area contributed by atoms with Crippen LogP contribution in [0.3, 0.4) is 0 Å². The number of halogens is 4. The molecule has 1 heterocycles. The van der Waals surface area contributed by atoms with Crippen molar-refractivity contribution in [1.82, 2.24) is 4.98 Å². The summed E-state index contributed by atoms with van der Waals surface area (Å²) in [4.78, 5) is 16.2. The maximum absolute atomic E-state index is 12.8. The summed E-state index contributed by atoms with van der Waals surface area (Å²) in [5.74, 6) is -2.31. The zero-order valence-corrected chi connectivity index (χ0v) is 13.1. The first-order valence-electron chi connectivity index (χ1n) is 6.77. The first-order chi connectivity index (χ1) is 9.77. The van der Waals surface area contributed by atoms with Gasteiger partial charge in [0.2, 0.25) is 5.91 Å². The summed E-state index contributed by atoms with van der Waals surface area (Å²) in [7, 11) is 0. The molecule has 1 amide bonds. The van der Waals surface area contributed by atoms with E-state index in [1.54, 1.807) is 6.07 Å². The van der Waals surface area contributed by atoms with Crippen molar-refractivity contribution in [2.24, 2.45) is 11.8 Å². The molecule has 0 radical (unpaired) electrons. The summed E-state index contributed by atoms with van der Waals surface area (Å²) < 4.78 is 38.9. The first-order valence-corrected chi connectivity index (χ1v) is 7.56. The minimum Gasteiger partial charge on any atom is -0.324 e. The van der Waals surface area contributed by atoms with E-state index in [1.165, 1.54) is 6.20 Å². The number of carbonyl (C=O) groups is 1. The van der Waals surface area contributed by atoms with Crippen molar-refractivity contribution in [3.63, 3.8) is 0 Å². The second-order valence-corrected chi connectivity index (χ2v) is 6.17. The number of alkyl halides is 3. The van der Waals surface area contributed by atoms with Crippen molar-refractivity contribution in [2.45, 2.75) is 38.8 Å². The Morgan fingerprint density at radius 3 is 2.76 bits per heavy atom. The standard InChI is InChI=1S/C14H16BrF3N2O/c1-8-5-11(7-19-12(8)15)20-13(21)9-3-2-4-10(6-9)14(16,17)18/h5,7,9-10H,2-4,6H2,1H3,(H,20,21). The van der Waals surface area contributed by atoms with Crippen molar-refractivity contribution < 1.29 is 18.0 Å². The van der Waals surface area contributed by atoms with Crippen LogP contribution in [0, 0.1) is 18.8 Å². The Morgan fingerprint density at radius 1 is 1.43 bits per heavy atom. The third-order valence-electron chi connectivity index (χ3n) is 3.79. The molecule has 0 spiro atoms. The molecule has 1 fully saturated rings. The maximum Gasteiger partial charge on any atom is 0.391 e. The molecular formula is C14H16BrF3N2O. The van der Waals surface area contributed by atoms with Crippen LogP contribution < -0.4 is 5.32 Å². The lowest BCUT2D eigenvalue weighted by atomic mass is 9.80. The van der Waals surface area contributed by atoms with Gasteiger partial charge in [-0.3, -0.25) is 4.79 Å². The number of carbonyl (C=O) groups excluding carboxylic acids is 1. The SMILES string of the molecule is Cc1cc(NC(=O)C2CCCC(C(F)(F)F)C2)cnc1Br. The quantitative estimate of drug-likeness (QED) is 0.787. The molecule has 0 saturated heterocycles. The average Bonchev–Trinajstić information content (AvgIpc) is 2.42. The van der Waals surface area contributed by atoms with E-state index in [4.69, 9.17) is 0 Å². The summed E-state index contributed by atoms with van der Waals surface area (Å²) in [5.41, 5.74) is 1.36. The van der Waals surface area contributed by atoms with Crippen LogP contribution in [-0.2, 0) is 4.79 Å². The zero-order valence-electron chi connectivity index (χ0n) is 11.5. The van der Waals surface area contributed by atoms with Crippen LogP contribution in [0.1, 0.15) is 31.2 Å². The fourth-order valence-corrected chi connectivity index (χ4v) is 2.81. The van der Waals surface area contributed by atoms with Gasteiger partial charge in [-0.15, -0.1) is 0 Å². The Hall–Kier alpha value is -1.11. The number of pyridine rings is 1. The molecule has 116 valence electrons. The molecule has 1 aromatic rings. The summed E-state index contributed by atoms with van der Waals surface area (Å²) in [6, 6.07) is 1.74. The number of rotatable bonds is 2. The second-order valence-electron chi connectivity index (χ2n) is 5.42. The van der Waals surface area contributed by atoms with Crippen molar-refractivity contribution in [3.05, 3.63) is 22.4 Å². The van der Waals surface area contributed by atoms with E-state index in [1.807, 2.05) is 6.92 Å². The molecule has 1 N–H and O–H groups in total. The number of anilines is 1. The van der Waals surface area contributed by atoms with Crippen LogP contribution in [0.5, 0.6) is 0 Å². The predicted octanol–water partition coefficient (Wildman–Crippen LogP) is 4.46. The van der Waals surface area contributed by atoms with Crippen molar-refractivity contribution in [3.8, 4) is 0 Å². The third-order valence-corrected chi connectivity index (χ3v) is 4.62. The number of aryl methyl sites for hydroxylation is 1. The van der Waals surface area contributed by atoms with Gasteiger partial charge in [0.15, 0.2) is 0 Å². The number of nitrogens with zero attached hydrogens (tertiary/aromatic N) is 1. The zero-order chi connectivity index (χ0) is 15.6. The van der Waals surface area contributed by atoms with Crippen molar-refractivity contribution in [2.75, 3.05) is 5.32 Å². The lowest BCUT2D eigenvalue weighted by Gasteiger charge is -2.29. The van der Waals surface area contributed by atoms with Gasteiger partial charge in [0, 0.05) is 5.92 Å². The van der Waals surface area contributed by atoms with Gasteiger partial charge in [0.1, 0.15) is 4.60 Å². The van der Waals surface area contributed by atoms with E-state index < -0.39 is 18.0 Å². The van der Waals surface area contributed by atoms with Crippen LogP contribution in [-0.4, -0.2) is 17.1 Å². The molecule has 0 aliphatic heterocycles. The number of aromatic nitrogens is 1. The lowest BCUT2D eigenvalue weighted by molar-refractivity contribution is -0.185. The average molecular weight is 365 g/mol. The molecular weight excluding hydrogens is 349 g/mol. The highest BCUT2D eigenvalue weighted by molar-refractivity contribution is 9.10. The van der Waals surface area contributed by atoms with Crippen LogP contribution in [0.4, 0.5) is 18.9 Å². The maximum atomic E-state index is 12.8. The minimum atomic E-state index is -4.21. The molecule has 2 unspecified atom stereocenters. The highest BCUT2D eigenvalue weighted by Crippen LogP contribution is 2.40. The van der Waals surface area contributed by atoms with Crippen molar-refractivity contribution in [1.29, 1.82) is 0 Å². The van der Waals surface area contributed by atoms with E-state index in [0.29, 0.717) is 23.1 Å². The summed E-state index contributed by atoms with van der Waals surface area (Å²) in [6.07, 6.45) is -1.81. The van der Waals surface area contributed by atoms with E-state index >= 15 is 0 Å². The van der Waals surface area contributed by atoms with Crippen LogP contribution in [0.25, 0.3) is 0 Å². The van der Waals surface area contributed by atoms with Gasteiger partial charge in [-0.2, -0.15) is 13.2 Å². The molecule has 0 bridgehead atoms. The highest BCUT2D eigenvalue weighted by atomic mass is 79.9. The van der Waals surface area contributed by atoms with Crippen LogP contribution in [0.2, 0.25) is 0 Å². The topological polar surface area (TPSA) is 42.0 Å². The van der Waals surface area contributed by atoms with Gasteiger partial charge >= 0.3 is 6.18 Å². The highest BCUT2D eigenvalue weighted by Gasteiger charge is 2.43. The molecule has 0 aromatic carbocycles. The van der Waals surface area contributed by atoms with Crippen molar-refractivity contribution >= 4 is 27.5 Å². The second kappa shape index (κ2) is 6.34. The molecule has 3 nitrogen and oxygen atoms in total. The van der Waals surface area contributed by atoms with Gasteiger partial charge in [0.25, 0.3) is 0 Å². The van der Waals surface area contributed by atoms with Gasteiger partial charge in [0.05, 0.1) is 17.8 Å². The molecule has 1 aliphatic carbocycles. The number of hydrogen-bond donors (Lipinski definition) is 1. The molecule has 1 aromatic heterocycles. The summed E-state index contributed by atoms with van der Waals surface area (Å²) in [5, 5.41) is 2.66. The van der Waals surface area contributed by atoms with Gasteiger partial charge in [-0.05, 0) is 53.7 Å². The van der Waals surface area contributed by atoms with Gasteiger partial charge in [-0.25, -0.2) is 4.98 Å². The summed E-state index contributed by atoms with van der Waals surface area (Å²) in [6.45, 7) is 1.83. The molecule has 1 saturated carbocycles. The Kier molecular flexibility index (Phi) is 4.91. The number of amides is 1. The largest absolute Gasteiger partial charge is 0.391 e. The number of hydrogen-bond acceptors (Lipinski definition) is 2. The van der Waals surface area contributed by atoms with E-state index in [9.17, 15) is 18.0 Å². The Bertz CT molecular complexity index is 533. The fraction of sp³-hybridized carbons (Fsp3) is 0.571. The monoisotopic (exact) mass is 364 g/mol. The third kappa shape index (κ3) is 4.18. The van der Waals surface area contributed by atoms with Gasteiger partial charge in [-0.1, -0.05) is 6.42 Å². The molecule has 21 heavy (non-hydrogen) atoms. The van der Waals surface area contributed by atoms with Crippen LogP contribution >= 0.6 is 15.9 Å². The van der Waals surface area contributed by atoms with Gasteiger partial charge < -0.3 is 5.32 Å². The first kappa shape index (κ1) is 16.3. The smallest absolute Gasteiger partial charge is 0.324 e. The number of nitrogens with one attached hydrogen (secondary N) is 1. The molecule has 2 rings (SSSR count). The van der Waals surface area contributed by atoms with E-state index in [0.717, 1.165) is 5.56 Å². The van der Waals surface area contributed by atoms with Crippen LogP contribution in [0.15, 0.2) is 16.9 Å². The van der Waals surface area contributed by atoms with E-state index in [2.05, 4.69) is 26.2 Å². The molecule has 7 heteroatoms. The normalized spacial score (nSPS) is 22.9. The fourth-order valence-electron chi connectivity index (χ4n) is 2.60. The Morgan fingerprint density at radius 2 is 2.14 bits per heavy atom. The summed E-state index contributed by atoms with van der Waals surface area (Å²) >= 11 is 3.25. The van der Waals surface area contributed by atoms with E-state index in [-0.39, 0.29) is 18.7 Å².